The Labute approximate surface area is 158 Å². The number of phenols is 1. The molecule has 2 atom stereocenters. The molecule has 6 heteroatoms. The van der Waals surface area contributed by atoms with Gasteiger partial charge < -0.3 is 10.0 Å². The van der Waals surface area contributed by atoms with Gasteiger partial charge in [0.2, 0.25) is 0 Å². The number of hydrogen-bond acceptors (Lipinski definition) is 4. The van der Waals surface area contributed by atoms with Crippen molar-refractivity contribution in [1.82, 2.24) is 14.8 Å². The number of phenolic OH excluding ortho intramolecular Hbond substituents is 1. The fraction of sp³-hybridized carbons (Fsp3) is 0.400. The standard InChI is InChI=1S/C20H22ClN3O2/c21-15-5-7-19(25)18(9-15)20(26)24-11-14-4-6-17(13-24)23(10-14)12-16-3-1-2-8-22-16/h1-3,5,7-9,14,17,25H,4,6,10-13H2/t14-,17-/m0/s1. The molecule has 0 spiro atoms. The summed E-state index contributed by atoms with van der Waals surface area (Å²) in [6.07, 6.45) is 4.04. The van der Waals surface area contributed by atoms with Crippen molar-refractivity contribution in [3.63, 3.8) is 0 Å². The number of carbonyl (C=O) groups is 1. The van der Waals surface area contributed by atoms with Crippen molar-refractivity contribution < 1.29 is 9.90 Å². The molecule has 5 rings (SSSR count). The fourth-order valence-corrected chi connectivity index (χ4v) is 4.26. The molecule has 0 saturated carbocycles. The molecule has 3 aliphatic rings. The Bertz CT molecular complexity index is 799. The number of aromatic nitrogens is 1. The monoisotopic (exact) mass is 371 g/mol. The average Bonchev–Trinajstić information content (AvgIpc) is 2.96. The predicted octanol–water partition coefficient (Wildman–Crippen LogP) is 3.18. The first kappa shape index (κ1) is 17.3. The van der Waals surface area contributed by atoms with Crippen LogP contribution in [0.5, 0.6) is 5.75 Å². The molecule has 0 radical (unpaired) electrons. The maximum Gasteiger partial charge on any atom is 0.257 e. The van der Waals surface area contributed by atoms with Crippen LogP contribution < -0.4 is 0 Å². The summed E-state index contributed by atoms with van der Waals surface area (Å²) in [4.78, 5) is 21.8. The molecule has 3 saturated heterocycles. The maximum absolute atomic E-state index is 13.0. The zero-order chi connectivity index (χ0) is 18.1. The zero-order valence-corrected chi connectivity index (χ0v) is 15.3. The first-order valence-corrected chi connectivity index (χ1v) is 9.39. The minimum atomic E-state index is -0.137. The third kappa shape index (κ3) is 3.55. The number of benzene rings is 1. The van der Waals surface area contributed by atoms with E-state index in [2.05, 4.69) is 9.88 Å². The van der Waals surface area contributed by atoms with Crippen LogP contribution >= 0.6 is 11.6 Å². The van der Waals surface area contributed by atoms with E-state index in [4.69, 9.17) is 11.6 Å². The number of aromatic hydroxyl groups is 1. The van der Waals surface area contributed by atoms with Crippen LogP contribution in [0.2, 0.25) is 5.02 Å². The Hall–Kier alpha value is -2.11. The van der Waals surface area contributed by atoms with Crippen molar-refractivity contribution >= 4 is 17.5 Å². The van der Waals surface area contributed by atoms with E-state index < -0.39 is 0 Å². The van der Waals surface area contributed by atoms with E-state index in [9.17, 15) is 9.90 Å². The van der Waals surface area contributed by atoms with Gasteiger partial charge in [-0.1, -0.05) is 17.7 Å². The number of carbonyl (C=O) groups excluding carboxylic acids is 1. The summed E-state index contributed by atoms with van der Waals surface area (Å²) in [5, 5.41) is 10.5. The smallest absolute Gasteiger partial charge is 0.257 e. The minimum Gasteiger partial charge on any atom is -0.507 e. The topological polar surface area (TPSA) is 56.7 Å². The quantitative estimate of drug-likeness (QED) is 0.900. The highest BCUT2D eigenvalue weighted by atomic mass is 35.5. The van der Waals surface area contributed by atoms with Gasteiger partial charge in [0, 0.05) is 43.4 Å². The summed E-state index contributed by atoms with van der Waals surface area (Å²) in [5.41, 5.74) is 1.35. The molecule has 0 aliphatic carbocycles. The summed E-state index contributed by atoms with van der Waals surface area (Å²) in [6, 6.07) is 10.9. The molecule has 1 aromatic carbocycles. The lowest BCUT2D eigenvalue weighted by atomic mass is 9.95. The highest BCUT2D eigenvalue weighted by Gasteiger charge is 2.37. The van der Waals surface area contributed by atoms with E-state index in [1.807, 2.05) is 29.3 Å². The third-order valence-electron chi connectivity index (χ3n) is 5.39. The Morgan fingerprint density at radius 3 is 2.88 bits per heavy atom. The maximum atomic E-state index is 13.0. The van der Waals surface area contributed by atoms with Crippen LogP contribution in [0.1, 0.15) is 28.9 Å². The van der Waals surface area contributed by atoms with Crippen LogP contribution in [-0.4, -0.2) is 51.5 Å². The second kappa shape index (κ2) is 7.25. The van der Waals surface area contributed by atoms with Crippen LogP contribution in [0.25, 0.3) is 0 Å². The largest absolute Gasteiger partial charge is 0.507 e. The van der Waals surface area contributed by atoms with Gasteiger partial charge in [-0.25, -0.2) is 0 Å². The van der Waals surface area contributed by atoms with Crippen LogP contribution in [0, 0.1) is 5.92 Å². The zero-order valence-electron chi connectivity index (χ0n) is 14.5. The van der Waals surface area contributed by atoms with Gasteiger partial charge in [-0.15, -0.1) is 0 Å². The molecule has 5 nitrogen and oxygen atoms in total. The summed E-state index contributed by atoms with van der Waals surface area (Å²) in [7, 11) is 0. The first-order valence-electron chi connectivity index (χ1n) is 9.02. The van der Waals surface area contributed by atoms with Crippen molar-refractivity contribution in [1.29, 1.82) is 0 Å². The average molecular weight is 372 g/mol. The van der Waals surface area contributed by atoms with Gasteiger partial charge in [-0.05, 0) is 49.1 Å². The Morgan fingerprint density at radius 2 is 2.08 bits per heavy atom. The molecule has 136 valence electrons. The number of pyridine rings is 1. The van der Waals surface area contributed by atoms with Crippen molar-refractivity contribution in [2.45, 2.75) is 25.4 Å². The third-order valence-corrected chi connectivity index (χ3v) is 5.63. The number of halogens is 1. The molecular weight excluding hydrogens is 350 g/mol. The summed E-state index contributed by atoms with van der Waals surface area (Å²) < 4.78 is 0. The number of hydrogen-bond donors (Lipinski definition) is 1. The van der Waals surface area contributed by atoms with Gasteiger partial charge in [0.05, 0.1) is 11.3 Å². The highest BCUT2D eigenvalue weighted by molar-refractivity contribution is 6.31. The van der Waals surface area contributed by atoms with E-state index >= 15 is 0 Å². The van der Waals surface area contributed by atoms with Gasteiger partial charge in [-0.2, -0.15) is 0 Å². The molecule has 3 fully saturated rings. The lowest BCUT2D eigenvalue weighted by Gasteiger charge is -2.35. The number of piperidine rings is 1. The van der Waals surface area contributed by atoms with Crippen molar-refractivity contribution in [2.75, 3.05) is 19.6 Å². The molecule has 2 bridgehead atoms. The Kier molecular flexibility index (Phi) is 4.83. The molecule has 1 N–H and O–H groups in total. The first-order chi connectivity index (χ1) is 12.6. The molecule has 0 unspecified atom stereocenters. The van der Waals surface area contributed by atoms with Gasteiger partial charge in [0.25, 0.3) is 5.91 Å². The SMILES string of the molecule is O=C(c1cc(Cl)ccc1O)N1C[C@H]2CC[C@@H](C1)N(Cc1ccccn1)C2. The molecule has 2 aromatic rings. The lowest BCUT2D eigenvalue weighted by Crippen LogP contribution is -2.44. The van der Waals surface area contributed by atoms with Crippen LogP contribution in [-0.2, 0) is 6.54 Å². The van der Waals surface area contributed by atoms with E-state index in [-0.39, 0.29) is 17.2 Å². The molecule has 1 amide bonds. The van der Waals surface area contributed by atoms with Gasteiger partial charge in [0.15, 0.2) is 0 Å². The number of fused-ring (bicyclic) bond motifs is 4. The second-order valence-electron chi connectivity index (χ2n) is 7.22. The Morgan fingerprint density at radius 1 is 1.19 bits per heavy atom. The van der Waals surface area contributed by atoms with Crippen molar-refractivity contribution in [2.24, 2.45) is 5.92 Å². The predicted molar refractivity (Wildman–Crippen MR) is 100 cm³/mol. The van der Waals surface area contributed by atoms with Crippen molar-refractivity contribution in [3.05, 3.63) is 58.9 Å². The van der Waals surface area contributed by atoms with E-state index in [1.54, 1.807) is 12.1 Å². The van der Waals surface area contributed by atoms with Crippen LogP contribution in [0.15, 0.2) is 42.6 Å². The highest BCUT2D eigenvalue weighted by Crippen LogP contribution is 2.31. The molecule has 1 aromatic heterocycles. The second-order valence-corrected chi connectivity index (χ2v) is 7.66. The number of rotatable bonds is 3. The van der Waals surface area contributed by atoms with Crippen LogP contribution in [0.3, 0.4) is 0 Å². The fourth-order valence-electron chi connectivity index (χ4n) is 4.09. The molecule has 26 heavy (non-hydrogen) atoms. The minimum absolute atomic E-state index is 0.0127. The van der Waals surface area contributed by atoms with E-state index in [1.165, 1.54) is 6.07 Å². The van der Waals surface area contributed by atoms with Crippen molar-refractivity contribution in [3.8, 4) is 5.75 Å². The summed E-state index contributed by atoms with van der Waals surface area (Å²) in [5.74, 6) is 0.297. The normalized spacial score (nSPS) is 23.0. The van der Waals surface area contributed by atoms with E-state index in [0.717, 1.165) is 38.2 Å². The van der Waals surface area contributed by atoms with Gasteiger partial charge in [0.1, 0.15) is 5.75 Å². The van der Waals surface area contributed by atoms with Gasteiger partial charge >= 0.3 is 0 Å². The lowest BCUT2D eigenvalue weighted by molar-refractivity contribution is 0.0732. The molecule has 3 aliphatic heterocycles. The van der Waals surface area contributed by atoms with Crippen LogP contribution in [0.4, 0.5) is 0 Å². The van der Waals surface area contributed by atoms with Gasteiger partial charge in [-0.3, -0.25) is 14.7 Å². The summed E-state index contributed by atoms with van der Waals surface area (Å²) in [6.45, 7) is 3.19. The molecule has 4 heterocycles. The van der Waals surface area contributed by atoms with E-state index in [0.29, 0.717) is 23.5 Å². The Balaban J connectivity index is 1.52. The molecular formula is C20H22ClN3O2. The number of nitrogens with zero attached hydrogens (tertiary/aromatic N) is 3. The summed E-state index contributed by atoms with van der Waals surface area (Å²) >= 11 is 6.02. The number of amides is 1.